The van der Waals surface area contributed by atoms with Crippen molar-refractivity contribution in [3.63, 3.8) is 0 Å². The molecule has 0 saturated carbocycles. The number of rotatable bonds is 7. The Kier molecular flexibility index (Phi) is 6.45. The van der Waals surface area contributed by atoms with E-state index in [2.05, 4.69) is 11.6 Å². The van der Waals surface area contributed by atoms with E-state index in [4.69, 9.17) is 0 Å². The molecule has 7 nitrogen and oxygen atoms in total. The molecule has 0 unspecified atom stereocenters. The van der Waals surface area contributed by atoms with Gasteiger partial charge in [-0.05, 0) is 55.2 Å². The summed E-state index contributed by atoms with van der Waals surface area (Å²) in [5.41, 5.74) is 0.640. The van der Waals surface area contributed by atoms with Crippen molar-refractivity contribution in [1.29, 1.82) is 0 Å². The van der Waals surface area contributed by atoms with E-state index in [9.17, 15) is 23.5 Å². The number of pyridine rings is 2. The Hall–Kier alpha value is -4.01. The van der Waals surface area contributed by atoms with Crippen molar-refractivity contribution in [1.82, 2.24) is 14.6 Å². The highest BCUT2D eigenvalue weighted by Gasteiger charge is 2.37. The van der Waals surface area contributed by atoms with Gasteiger partial charge in [0.25, 0.3) is 5.91 Å². The van der Waals surface area contributed by atoms with Crippen LogP contribution < -0.4 is 10.4 Å². The SMILES string of the molecule is C=CCCc1cc(F)c(F)cc1[C@H](c1ccccn1)N1CN(CC)C(=O)c2c(O)c(=O)ccn21. The van der Waals surface area contributed by atoms with Crippen molar-refractivity contribution in [3.05, 3.63) is 106 Å². The lowest BCUT2D eigenvalue weighted by atomic mass is 9.93. The Morgan fingerprint density at radius 1 is 1.21 bits per heavy atom. The average molecular weight is 466 g/mol. The third-order valence-corrected chi connectivity index (χ3v) is 5.88. The van der Waals surface area contributed by atoms with Crippen LogP contribution in [0.2, 0.25) is 0 Å². The van der Waals surface area contributed by atoms with Gasteiger partial charge in [-0.1, -0.05) is 12.1 Å². The molecule has 0 radical (unpaired) electrons. The molecule has 4 rings (SSSR count). The van der Waals surface area contributed by atoms with Gasteiger partial charge in [0.2, 0.25) is 5.43 Å². The molecule has 0 aliphatic carbocycles. The van der Waals surface area contributed by atoms with E-state index >= 15 is 0 Å². The van der Waals surface area contributed by atoms with E-state index in [1.54, 1.807) is 42.4 Å². The van der Waals surface area contributed by atoms with Crippen LogP contribution in [0.5, 0.6) is 5.75 Å². The Morgan fingerprint density at radius 3 is 2.65 bits per heavy atom. The molecule has 0 fully saturated rings. The van der Waals surface area contributed by atoms with Crippen LogP contribution in [0, 0.1) is 11.6 Å². The van der Waals surface area contributed by atoms with Crippen LogP contribution in [0.4, 0.5) is 8.78 Å². The fraction of sp³-hybridized carbons (Fsp3) is 0.240. The fourth-order valence-corrected chi connectivity index (χ4v) is 4.18. The molecule has 1 N–H and O–H groups in total. The van der Waals surface area contributed by atoms with Gasteiger partial charge in [0.15, 0.2) is 23.1 Å². The second-order valence-electron chi connectivity index (χ2n) is 7.91. The molecule has 0 spiro atoms. The predicted molar refractivity (Wildman–Crippen MR) is 123 cm³/mol. The molecule has 3 aromatic rings. The minimum absolute atomic E-state index is 0.0613. The van der Waals surface area contributed by atoms with Crippen molar-refractivity contribution in [2.75, 3.05) is 18.2 Å². The van der Waals surface area contributed by atoms with Crippen molar-refractivity contribution < 1.29 is 18.7 Å². The predicted octanol–water partition coefficient (Wildman–Crippen LogP) is 3.51. The monoisotopic (exact) mass is 466 g/mol. The number of benzene rings is 1. The molecule has 1 atom stereocenters. The topological polar surface area (TPSA) is 78.7 Å². The number of aromatic hydroxyl groups is 1. The van der Waals surface area contributed by atoms with Crippen molar-refractivity contribution >= 4 is 5.91 Å². The molecule has 1 aromatic carbocycles. The van der Waals surface area contributed by atoms with Crippen LogP contribution in [0.3, 0.4) is 0 Å². The maximum atomic E-state index is 14.6. The summed E-state index contributed by atoms with van der Waals surface area (Å²) in [6, 6.07) is 7.95. The quantitative estimate of drug-likeness (QED) is 0.540. The summed E-state index contributed by atoms with van der Waals surface area (Å²) in [5.74, 6) is -3.16. The van der Waals surface area contributed by atoms with E-state index in [1.165, 1.54) is 21.8 Å². The van der Waals surface area contributed by atoms with Gasteiger partial charge >= 0.3 is 0 Å². The van der Waals surface area contributed by atoms with Crippen LogP contribution in [0.1, 0.15) is 46.7 Å². The first-order valence-electron chi connectivity index (χ1n) is 10.9. The van der Waals surface area contributed by atoms with Gasteiger partial charge in [-0.25, -0.2) is 8.78 Å². The highest BCUT2D eigenvalue weighted by molar-refractivity contribution is 5.96. The number of hydrogen-bond donors (Lipinski definition) is 1. The largest absolute Gasteiger partial charge is 0.502 e. The molecule has 0 bridgehead atoms. The summed E-state index contributed by atoms with van der Waals surface area (Å²) in [6.45, 7) is 5.85. The van der Waals surface area contributed by atoms with E-state index < -0.39 is 34.8 Å². The zero-order valence-corrected chi connectivity index (χ0v) is 18.6. The van der Waals surface area contributed by atoms with E-state index in [1.807, 2.05) is 0 Å². The maximum absolute atomic E-state index is 14.6. The van der Waals surface area contributed by atoms with Gasteiger partial charge in [0.1, 0.15) is 12.7 Å². The number of fused-ring (bicyclic) bond motifs is 1. The molecule has 0 saturated heterocycles. The first kappa shape index (κ1) is 23.2. The number of hydrogen-bond acceptors (Lipinski definition) is 5. The Morgan fingerprint density at radius 2 is 1.97 bits per heavy atom. The molecule has 176 valence electrons. The van der Waals surface area contributed by atoms with Crippen molar-refractivity contribution in [3.8, 4) is 5.75 Å². The summed E-state index contributed by atoms with van der Waals surface area (Å²) in [6.07, 6.45) is 5.61. The standard InChI is InChI=1S/C25H24F2N4O3/c1-3-5-8-16-13-18(26)19(27)14-17(16)22(20-9-6-7-11-28-20)31-15-29(4-2)25(34)23-24(33)21(32)10-12-30(23)31/h3,6-7,9-14,22,33H,1,4-5,8,15H2,2H3/t22-/m1/s1. The van der Waals surface area contributed by atoms with E-state index in [-0.39, 0.29) is 12.4 Å². The number of aromatic nitrogens is 2. The molecule has 1 amide bonds. The van der Waals surface area contributed by atoms with Crippen LogP contribution in [0.25, 0.3) is 0 Å². The summed E-state index contributed by atoms with van der Waals surface area (Å²) in [5, 5.41) is 12.2. The Balaban J connectivity index is 2.00. The van der Waals surface area contributed by atoms with Crippen molar-refractivity contribution in [2.45, 2.75) is 25.8 Å². The molecule has 1 aliphatic rings. The van der Waals surface area contributed by atoms with E-state index in [0.29, 0.717) is 36.2 Å². The Bertz CT molecular complexity index is 1290. The first-order chi connectivity index (χ1) is 16.4. The second-order valence-corrected chi connectivity index (χ2v) is 7.91. The van der Waals surface area contributed by atoms with Gasteiger partial charge in [-0.3, -0.25) is 24.3 Å². The summed E-state index contributed by atoms with van der Waals surface area (Å²) in [4.78, 5) is 31.1. The molecule has 1 aliphatic heterocycles. The molecule has 34 heavy (non-hydrogen) atoms. The van der Waals surface area contributed by atoms with Crippen LogP contribution in [-0.4, -0.2) is 38.8 Å². The number of carbonyl (C=O) groups excluding carboxylic acids is 1. The van der Waals surface area contributed by atoms with Gasteiger partial charge in [0.05, 0.1) is 5.69 Å². The molecule has 9 heteroatoms. The zero-order chi connectivity index (χ0) is 24.4. The van der Waals surface area contributed by atoms with Crippen LogP contribution >= 0.6 is 0 Å². The number of allylic oxidation sites excluding steroid dienone is 1. The fourth-order valence-electron chi connectivity index (χ4n) is 4.18. The lowest BCUT2D eigenvalue weighted by molar-refractivity contribution is 0.0689. The number of carbonyl (C=O) groups is 1. The lowest BCUT2D eigenvalue weighted by Crippen LogP contribution is -2.55. The average Bonchev–Trinajstić information content (AvgIpc) is 2.84. The van der Waals surface area contributed by atoms with Gasteiger partial charge < -0.3 is 10.0 Å². The minimum atomic E-state index is -1.01. The van der Waals surface area contributed by atoms with Gasteiger partial charge in [-0.15, -0.1) is 6.58 Å². The normalized spacial score (nSPS) is 14.1. The second kappa shape index (κ2) is 9.46. The Labute approximate surface area is 195 Å². The van der Waals surface area contributed by atoms with Crippen molar-refractivity contribution in [2.24, 2.45) is 0 Å². The summed E-state index contributed by atoms with van der Waals surface area (Å²) in [7, 11) is 0. The number of amides is 1. The van der Waals surface area contributed by atoms with Gasteiger partial charge in [-0.2, -0.15) is 0 Å². The first-order valence-corrected chi connectivity index (χ1v) is 10.9. The number of aryl methyl sites for hydroxylation is 1. The van der Waals surface area contributed by atoms with Crippen LogP contribution in [-0.2, 0) is 6.42 Å². The summed E-state index contributed by atoms with van der Waals surface area (Å²) >= 11 is 0. The zero-order valence-electron chi connectivity index (χ0n) is 18.6. The lowest BCUT2D eigenvalue weighted by Gasteiger charge is -2.43. The smallest absolute Gasteiger partial charge is 0.277 e. The molecule has 2 aromatic heterocycles. The van der Waals surface area contributed by atoms with Crippen LogP contribution in [0.15, 0.2) is 66.2 Å². The highest BCUT2D eigenvalue weighted by atomic mass is 19.2. The minimum Gasteiger partial charge on any atom is -0.502 e. The molecular formula is C25H24F2N4O3. The highest BCUT2D eigenvalue weighted by Crippen LogP contribution is 2.34. The third-order valence-electron chi connectivity index (χ3n) is 5.88. The van der Waals surface area contributed by atoms with E-state index in [0.717, 1.165) is 12.1 Å². The third kappa shape index (κ3) is 4.05. The molecular weight excluding hydrogens is 442 g/mol. The number of nitrogens with zero attached hydrogens (tertiary/aromatic N) is 4. The van der Waals surface area contributed by atoms with Gasteiger partial charge in [0, 0.05) is 25.0 Å². The molecule has 3 heterocycles. The number of halogens is 2. The summed E-state index contributed by atoms with van der Waals surface area (Å²) < 4.78 is 30.2. The maximum Gasteiger partial charge on any atom is 0.277 e.